The van der Waals surface area contributed by atoms with E-state index in [0.29, 0.717) is 16.3 Å². The zero-order chi connectivity index (χ0) is 24.2. The number of ether oxygens (including phenoxy) is 3. The zero-order valence-electron chi connectivity index (χ0n) is 18.1. The van der Waals surface area contributed by atoms with Crippen molar-refractivity contribution >= 4 is 33.2 Å². The van der Waals surface area contributed by atoms with Gasteiger partial charge < -0.3 is 14.2 Å². The summed E-state index contributed by atoms with van der Waals surface area (Å²) in [6, 6.07) is 5.03. The molecule has 2 heterocycles. The molecule has 3 rings (SSSR count). The maximum atomic E-state index is 12.9. The molecule has 0 spiro atoms. The first kappa shape index (κ1) is 25.0. The van der Waals surface area contributed by atoms with Gasteiger partial charge in [0.15, 0.2) is 0 Å². The second-order valence-electron chi connectivity index (χ2n) is 7.22. The molecule has 14 heteroatoms. The van der Waals surface area contributed by atoms with Crippen molar-refractivity contribution in [1.82, 2.24) is 9.88 Å². The second kappa shape index (κ2) is 10.5. The number of hydrogen-bond acceptors (Lipinski definition) is 11. The number of hydrogen-bond donors (Lipinski definition) is 0. The van der Waals surface area contributed by atoms with Gasteiger partial charge in [-0.2, -0.15) is 8.42 Å². The van der Waals surface area contributed by atoms with Crippen molar-refractivity contribution in [2.75, 3.05) is 27.0 Å². The molecular weight excluding hydrogens is 478 g/mol. The van der Waals surface area contributed by atoms with Crippen LogP contribution in [0.5, 0.6) is 0 Å². The van der Waals surface area contributed by atoms with Gasteiger partial charge in [-0.25, -0.2) is 9.78 Å². The predicted octanol–water partition coefficient (Wildman–Crippen LogP) is 2.77. The fourth-order valence-electron chi connectivity index (χ4n) is 3.40. The number of aromatic nitrogens is 1. The van der Waals surface area contributed by atoms with E-state index in [1.807, 2.05) is 0 Å². The molecule has 1 aromatic carbocycles. The van der Waals surface area contributed by atoms with Crippen LogP contribution < -0.4 is 0 Å². The molecule has 0 aliphatic carbocycles. The third-order valence-corrected chi connectivity index (χ3v) is 6.33. The van der Waals surface area contributed by atoms with Gasteiger partial charge in [-0.3, -0.25) is 19.2 Å². The third kappa shape index (κ3) is 6.45. The largest absolute Gasteiger partial charge is 0.445 e. The summed E-state index contributed by atoms with van der Waals surface area (Å²) in [7, 11) is -0.787. The van der Waals surface area contributed by atoms with Crippen LogP contribution >= 0.6 is 11.3 Å². The van der Waals surface area contributed by atoms with Crippen molar-refractivity contribution in [2.45, 2.75) is 31.5 Å². The molecule has 1 fully saturated rings. The number of rotatable bonds is 9. The molecule has 1 saturated heterocycles. The Morgan fingerprint density at radius 3 is 2.55 bits per heavy atom. The number of benzene rings is 1. The van der Waals surface area contributed by atoms with E-state index in [1.165, 1.54) is 54.7 Å². The van der Waals surface area contributed by atoms with Gasteiger partial charge in [-0.05, 0) is 17.7 Å². The Bertz CT molecular complexity index is 1080. The highest BCUT2D eigenvalue weighted by Gasteiger charge is 2.40. The molecule has 1 aliphatic rings. The summed E-state index contributed by atoms with van der Waals surface area (Å²) < 4.78 is 44.1. The lowest BCUT2D eigenvalue weighted by Crippen LogP contribution is -2.33. The Morgan fingerprint density at radius 2 is 1.97 bits per heavy atom. The molecule has 0 unspecified atom stereocenters. The smallest absolute Gasteiger partial charge is 0.410 e. The van der Waals surface area contributed by atoms with E-state index in [1.54, 1.807) is 5.38 Å². The van der Waals surface area contributed by atoms with Crippen molar-refractivity contribution in [3.63, 3.8) is 0 Å². The van der Waals surface area contributed by atoms with Crippen LogP contribution in [0.4, 0.5) is 10.5 Å². The number of likely N-dealkylation sites (tertiary alicyclic amines) is 1. The van der Waals surface area contributed by atoms with Crippen molar-refractivity contribution in [1.29, 1.82) is 0 Å². The first-order chi connectivity index (χ1) is 15.6. The summed E-state index contributed by atoms with van der Waals surface area (Å²) >= 11 is 1.28. The first-order valence-electron chi connectivity index (χ1n) is 9.67. The lowest BCUT2D eigenvalue weighted by atomic mass is 10.1. The standard InChI is InChI=1S/C19H23N3O9S2/c1-28-18(29-2)17-20-15(11-32-17)16-8-14(31-33(3,26)27)9-21(16)19(23)30-10-12-4-6-13(7-5-12)22(24)25/h4-7,11,14,16,18H,8-10H2,1-3H3/t14-,16+/m1/s1. The Balaban J connectivity index is 1.75. The van der Waals surface area contributed by atoms with E-state index < -0.39 is 39.6 Å². The van der Waals surface area contributed by atoms with Crippen LogP contribution in [0, 0.1) is 10.1 Å². The molecule has 2 aromatic rings. The van der Waals surface area contributed by atoms with Gasteiger partial charge >= 0.3 is 6.09 Å². The van der Waals surface area contributed by atoms with Gasteiger partial charge in [0.05, 0.1) is 35.6 Å². The normalized spacial score (nSPS) is 18.6. The van der Waals surface area contributed by atoms with E-state index >= 15 is 0 Å². The summed E-state index contributed by atoms with van der Waals surface area (Å²) in [5, 5.41) is 13.1. The van der Waals surface area contributed by atoms with Crippen LogP contribution in [0.3, 0.4) is 0 Å². The average molecular weight is 502 g/mol. The van der Waals surface area contributed by atoms with Crippen molar-refractivity contribution in [3.05, 3.63) is 56.0 Å². The van der Waals surface area contributed by atoms with Crippen molar-refractivity contribution in [3.8, 4) is 0 Å². The van der Waals surface area contributed by atoms with Crippen LogP contribution in [-0.2, 0) is 35.1 Å². The van der Waals surface area contributed by atoms with Crippen LogP contribution in [0.1, 0.15) is 35.0 Å². The fraction of sp³-hybridized carbons (Fsp3) is 0.474. The minimum atomic E-state index is -3.74. The molecule has 0 saturated carbocycles. The lowest BCUT2D eigenvalue weighted by molar-refractivity contribution is -0.384. The van der Waals surface area contributed by atoms with E-state index in [4.69, 9.17) is 18.4 Å². The summed E-state index contributed by atoms with van der Waals surface area (Å²) in [5.41, 5.74) is 1.02. The number of amides is 1. The highest BCUT2D eigenvalue weighted by molar-refractivity contribution is 7.86. The second-order valence-corrected chi connectivity index (χ2v) is 9.71. The molecule has 0 N–H and O–H groups in total. The molecule has 33 heavy (non-hydrogen) atoms. The number of carbonyl (C=O) groups is 1. The number of nitrogens with zero attached hydrogens (tertiary/aromatic N) is 3. The lowest BCUT2D eigenvalue weighted by Gasteiger charge is -2.22. The quantitative estimate of drug-likeness (QED) is 0.217. The Kier molecular flexibility index (Phi) is 7.97. The van der Waals surface area contributed by atoms with E-state index in [2.05, 4.69) is 4.98 Å². The van der Waals surface area contributed by atoms with Crippen LogP contribution in [-0.4, -0.2) is 62.4 Å². The monoisotopic (exact) mass is 501 g/mol. The van der Waals surface area contributed by atoms with E-state index in [9.17, 15) is 23.3 Å². The molecule has 2 atom stereocenters. The van der Waals surface area contributed by atoms with Gasteiger partial charge in [0.1, 0.15) is 11.6 Å². The first-order valence-corrected chi connectivity index (χ1v) is 12.4. The molecule has 0 bridgehead atoms. The molecule has 12 nitrogen and oxygen atoms in total. The summed E-state index contributed by atoms with van der Waals surface area (Å²) in [6.45, 7) is -0.128. The molecule has 180 valence electrons. The topological polar surface area (TPSA) is 147 Å². The highest BCUT2D eigenvalue weighted by Crippen LogP contribution is 2.36. The maximum absolute atomic E-state index is 12.9. The summed E-state index contributed by atoms with van der Waals surface area (Å²) in [4.78, 5) is 29.0. The molecule has 0 radical (unpaired) electrons. The van der Waals surface area contributed by atoms with Crippen molar-refractivity contribution < 1.29 is 36.5 Å². The Hall–Kier alpha value is -2.65. The third-order valence-electron chi connectivity index (χ3n) is 4.83. The van der Waals surface area contributed by atoms with Gasteiger partial charge in [-0.1, -0.05) is 0 Å². The number of nitro groups is 1. The average Bonchev–Trinajstić information content (AvgIpc) is 3.39. The predicted molar refractivity (Wildman–Crippen MR) is 116 cm³/mol. The zero-order valence-corrected chi connectivity index (χ0v) is 19.7. The summed E-state index contributed by atoms with van der Waals surface area (Å²) in [5.74, 6) is 0. The fourth-order valence-corrected chi connectivity index (χ4v) is 4.95. The minimum absolute atomic E-state index is 0.0122. The van der Waals surface area contributed by atoms with E-state index in [-0.39, 0.29) is 25.3 Å². The van der Waals surface area contributed by atoms with Gasteiger partial charge in [-0.15, -0.1) is 11.3 Å². The molecule has 1 amide bonds. The molecular formula is C19H23N3O9S2. The number of carbonyl (C=O) groups excluding carboxylic acids is 1. The van der Waals surface area contributed by atoms with Gasteiger partial charge in [0.25, 0.3) is 15.8 Å². The maximum Gasteiger partial charge on any atom is 0.410 e. The van der Waals surface area contributed by atoms with E-state index in [0.717, 1.165) is 6.26 Å². The van der Waals surface area contributed by atoms with Crippen LogP contribution in [0.15, 0.2) is 29.6 Å². The van der Waals surface area contributed by atoms with Crippen molar-refractivity contribution in [2.24, 2.45) is 0 Å². The molecule has 1 aliphatic heterocycles. The van der Waals surface area contributed by atoms with Gasteiger partial charge in [0, 0.05) is 38.2 Å². The highest BCUT2D eigenvalue weighted by atomic mass is 32.2. The molecule has 1 aromatic heterocycles. The van der Waals surface area contributed by atoms with Crippen LogP contribution in [0.25, 0.3) is 0 Å². The number of nitro benzene ring substituents is 1. The number of methoxy groups -OCH3 is 2. The number of non-ortho nitro benzene ring substituents is 1. The van der Waals surface area contributed by atoms with Crippen LogP contribution in [0.2, 0.25) is 0 Å². The minimum Gasteiger partial charge on any atom is -0.445 e. The Labute approximate surface area is 194 Å². The summed E-state index contributed by atoms with van der Waals surface area (Å²) in [6.07, 6.45) is -0.977. The van der Waals surface area contributed by atoms with Gasteiger partial charge in [0.2, 0.25) is 6.29 Å². The SMILES string of the molecule is COC(OC)c1nc([C@@H]2C[C@@H](OS(C)(=O)=O)CN2C(=O)OCc2ccc([N+](=O)[O-])cc2)cs1. The number of thiazole rings is 1. The Morgan fingerprint density at radius 1 is 1.30 bits per heavy atom.